The first kappa shape index (κ1) is 10.2. The summed E-state index contributed by atoms with van der Waals surface area (Å²) in [4.78, 5) is 4.35. The second-order valence-corrected chi connectivity index (χ2v) is 3.57. The number of nitrogens with two attached hydrogens (primary N) is 1. The van der Waals surface area contributed by atoms with Crippen LogP contribution < -0.4 is 5.73 Å². The molecule has 2 N–H and O–H groups in total. The van der Waals surface area contributed by atoms with Crippen molar-refractivity contribution in [1.82, 2.24) is 4.98 Å². The normalized spacial score (nSPS) is 15.3. The van der Waals surface area contributed by atoms with Crippen LogP contribution in [0.3, 0.4) is 0 Å². The van der Waals surface area contributed by atoms with Crippen molar-refractivity contribution in [3.63, 3.8) is 0 Å². The van der Waals surface area contributed by atoms with Crippen LogP contribution in [-0.4, -0.2) is 11.0 Å². The molecule has 1 rings (SSSR count). The van der Waals surface area contributed by atoms with Gasteiger partial charge in [-0.2, -0.15) is 0 Å². The molecule has 1 heterocycles. The largest absolute Gasteiger partial charge is 0.328 e. The molecule has 0 amide bonds. The van der Waals surface area contributed by atoms with Gasteiger partial charge in [0.15, 0.2) is 0 Å². The van der Waals surface area contributed by atoms with Crippen LogP contribution in [0.2, 0.25) is 0 Å². The van der Waals surface area contributed by atoms with Crippen molar-refractivity contribution < 1.29 is 0 Å². The minimum Gasteiger partial charge on any atom is -0.328 e. The van der Waals surface area contributed by atoms with E-state index in [2.05, 4.69) is 18.0 Å². The van der Waals surface area contributed by atoms with Crippen LogP contribution >= 0.6 is 0 Å². The van der Waals surface area contributed by atoms with Crippen LogP contribution in [0, 0.1) is 0 Å². The summed E-state index contributed by atoms with van der Waals surface area (Å²) in [5.74, 6) is 0.515. The topological polar surface area (TPSA) is 38.9 Å². The Morgan fingerprint density at radius 1 is 1.46 bits per heavy atom. The van der Waals surface area contributed by atoms with Gasteiger partial charge in [-0.25, -0.2) is 0 Å². The fraction of sp³-hybridized carbons (Fsp3) is 0.545. The predicted molar refractivity (Wildman–Crippen MR) is 55.5 cm³/mol. The van der Waals surface area contributed by atoms with Gasteiger partial charge < -0.3 is 5.73 Å². The molecule has 0 aliphatic rings. The Balaban J connectivity index is 2.67. The summed E-state index contributed by atoms with van der Waals surface area (Å²) < 4.78 is 0. The number of aromatic nitrogens is 1. The lowest BCUT2D eigenvalue weighted by Gasteiger charge is -2.16. The zero-order chi connectivity index (χ0) is 9.68. The standard InChI is InChI=1S/C11H18N2/c1-3-10(8-9(2)12)11-6-4-5-7-13-11/h4-7,9-10H,3,8,12H2,1-2H3. The Morgan fingerprint density at radius 3 is 2.69 bits per heavy atom. The third-order valence-corrected chi connectivity index (χ3v) is 2.26. The number of hydrogen-bond donors (Lipinski definition) is 1. The monoisotopic (exact) mass is 178 g/mol. The summed E-state index contributed by atoms with van der Waals surface area (Å²) >= 11 is 0. The smallest absolute Gasteiger partial charge is 0.0434 e. The lowest BCUT2D eigenvalue weighted by atomic mass is 9.94. The molecular formula is C11H18N2. The third-order valence-electron chi connectivity index (χ3n) is 2.26. The molecule has 0 spiro atoms. The average Bonchev–Trinajstić information content (AvgIpc) is 2.15. The second kappa shape index (κ2) is 4.97. The van der Waals surface area contributed by atoms with E-state index in [4.69, 9.17) is 5.73 Å². The maximum atomic E-state index is 5.78. The van der Waals surface area contributed by atoms with Crippen LogP contribution in [0.5, 0.6) is 0 Å². The van der Waals surface area contributed by atoms with E-state index >= 15 is 0 Å². The van der Waals surface area contributed by atoms with E-state index in [1.165, 1.54) is 5.69 Å². The highest BCUT2D eigenvalue weighted by atomic mass is 14.7. The van der Waals surface area contributed by atoms with Crippen LogP contribution in [0.4, 0.5) is 0 Å². The van der Waals surface area contributed by atoms with Crippen molar-refractivity contribution in [2.45, 2.75) is 38.6 Å². The second-order valence-electron chi connectivity index (χ2n) is 3.57. The van der Waals surface area contributed by atoms with Crippen molar-refractivity contribution in [1.29, 1.82) is 0 Å². The van der Waals surface area contributed by atoms with E-state index in [0.29, 0.717) is 5.92 Å². The van der Waals surface area contributed by atoms with E-state index in [-0.39, 0.29) is 6.04 Å². The number of nitrogens with zero attached hydrogens (tertiary/aromatic N) is 1. The number of hydrogen-bond acceptors (Lipinski definition) is 2. The minimum atomic E-state index is 0.256. The van der Waals surface area contributed by atoms with Gasteiger partial charge in [0.1, 0.15) is 0 Å². The van der Waals surface area contributed by atoms with E-state index in [1.54, 1.807) is 0 Å². The zero-order valence-electron chi connectivity index (χ0n) is 8.40. The van der Waals surface area contributed by atoms with E-state index in [1.807, 2.05) is 25.3 Å². The molecule has 0 aliphatic heterocycles. The number of pyridine rings is 1. The molecule has 13 heavy (non-hydrogen) atoms. The van der Waals surface area contributed by atoms with Gasteiger partial charge in [0.25, 0.3) is 0 Å². The molecule has 0 saturated carbocycles. The van der Waals surface area contributed by atoms with Crippen molar-refractivity contribution in [3.8, 4) is 0 Å². The zero-order valence-corrected chi connectivity index (χ0v) is 8.40. The van der Waals surface area contributed by atoms with Crippen LogP contribution in [-0.2, 0) is 0 Å². The molecule has 0 radical (unpaired) electrons. The maximum absolute atomic E-state index is 5.78. The summed E-state index contributed by atoms with van der Waals surface area (Å²) in [6.45, 7) is 4.23. The predicted octanol–water partition coefficient (Wildman–Crippen LogP) is 2.31. The Bertz CT molecular complexity index is 231. The van der Waals surface area contributed by atoms with Crippen molar-refractivity contribution in [2.75, 3.05) is 0 Å². The summed E-state index contributed by atoms with van der Waals surface area (Å²) in [7, 11) is 0. The third kappa shape index (κ3) is 3.15. The van der Waals surface area contributed by atoms with E-state index in [9.17, 15) is 0 Å². The van der Waals surface area contributed by atoms with Gasteiger partial charge >= 0.3 is 0 Å². The first-order chi connectivity index (χ1) is 6.24. The molecule has 0 bridgehead atoms. The molecule has 2 unspecified atom stereocenters. The Hall–Kier alpha value is -0.890. The Labute approximate surface area is 80.2 Å². The van der Waals surface area contributed by atoms with Gasteiger partial charge in [-0.05, 0) is 31.9 Å². The van der Waals surface area contributed by atoms with Gasteiger partial charge in [-0.1, -0.05) is 13.0 Å². The Kier molecular flexibility index (Phi) is 3.90. The number of rotatable bonds is 4. The quantitative estimate of drug-likeness (QED) is 0.768. The van der Waals surface area contributed by atoms with Crippen molar-refractivity contribution >= 4 is 0 Å². The van der Waals surface area contributed by atoms with Crippen LogP contribution in [0.1, 0.15) is 38.3 Å². The van der Waals surface area contributed by atoms with Crippen LogP contribution in [0.15, 0.2) is 24.4 Å². The van der Waals surface area contributed by atoms with Crippen LogP contribution in [0.25, 0.3) is 0 Å². The molecule has 2 heteroatoms. The van der Waals surface area contributed by atoms with Crippen molar-refractivity contribution in [3.05, 3.63) is 30.1 Å². The van der Waals surface area contributed by atoms with Gasteiger partial charge in [0, 0.05) is 23.9 Å². The minimum absolute atomic E-state index is 0.256. The summed E-state index contributed by atoms with van der Waals surface area (Å²) in [5.41, 5.74) is 6.95. The average molecular weight is 178 g/mol. The molecule has 2 atom stereocenters. The van der Waals surface area contributed by atoms with Crippen molar-refractivity contribution in [2.24, 2.45) is 5.73 Å². The molecule has 0 saturated heterocycles. The molecule has 0 aliphatic carbocycles. The highest BCUT2D eigenvalue weighted by Gasteiger charge is 2.11. The molecule has 0 aromatic carbocycles. The first-order valence-corrected chi connectivity index (χ1v) is 4.90. The van der Waals surface area contributed by atoms with E-state index < -0.39 is 0 Å². The van der Waals surface area contributed by atoms with Gasteiger partial charge in [0.05, 0.1) is 0 Å². The summed E-state index contributed by atoms with van der Waals surface area (Å²) in [6.07, 6.45) is 3.98. The van der Waals surface area contributed by atoms with Gasteiger partial charge in [-0.15, -0.1) is 0 Å². The summed E-state index contributed by atoms with van der Waals surface area (Å²) in [6, 6.07) is 6.32. The lowest BCUT2D eigenvalue weighted by Crippen LogP contribution is -2.18. The van der Waals surface area contributed by atoms with Gasteiger partial charge in [0.2, 0.25) is 0 Å². The molecule has 1 aromatic rings. The maximum Gasteiger partial charge on any atom is 0.0434 e. The van der Waals surface area contributed by atoms with Gasteiger partial charge in [-0.3, -0.25) is 4.98 Å². The first-order valence-electron chi connectivity index (χ1n) is 4.90. The highest BCUT2D eigenvalue weighted by Crippen LogP contribution is 2.21. The molecule has 0 fully saturated rings. The SMILES string of the molecule is CCC(CC(C)N)c1ccccn1. The summed E-state index contributed by atoms with van der Waals surface area (Å²) in [5, 5.41) is 0. The molecule has 1 aromatic heterocycles. The Morgan fingerprint density at radius 2 is 2.23 bits per heavy atom. The molecule has 2 nitrogen and oxygen atoms in total. The van der Waals surface area contributed by atoms with E-state index in [0.717, 1.165) is 12.8 Å². The molecule has 72 valence electrons. The highest BCUT2D eigenvalue weighted by molar-refractivity contribution is 5.09. The fourth-order valence-electron chi connectivity index (χ4n) is 1.56. The lowest BCUT2D eigenvalue weighted by molar-refractivity contribution is 0.530. The molecular weight excluding hydrogens is 160 g/mol. The fourth-order valence-corrected chi connectivity index (χ4v) is 1.56.